The lowest BCUT2D eigenvalue weighted by atomic mass is 10.3. The van der Waals surface area contributed by atoms with E-state index < -0.39 is 0 Å². The van der Waals surface area contributed by atoms with Crippen LogP contribution in [0.15, 0.2) is 0 Å². The Hall–Kier alpha value is -0.370. The van der Waals surface area contributed by atoms with Gasteiger partial charge in [0.2, 0.25) is 0 Å². The topological polar surface area (TPSA) is 43.1 Å². The monoisotopic (exact) mass is 131 g/mol. The van der Waals surface area contributed by atoms with E-state index in [4.69, 9.17) is 5.73 Å². The molecule has 0 aliphatic heterocycles. The Bertz CT molecular complexity index is 65.3. The molecule has 0 heterocycles. The molecule has 2 nitrogen and oxygen atoms in total. The highest BCUT2D eigenvalue weighted by atomic mass is 16.1. The van der Waals surface area contributed by atoms with Crippen LogP contribution in [-0.2, 0) is 4.79 Å². The van der Waals surface area contributed by atoms with Gasteiger partial charge in [-0.3, -0.25) is 0 Å². The lowest BCUT2D eigenvalue weighted by Gasteiger charge is -1.91. The highest BCUT2D eigenvalue weighted by Gasteiger charge is 1.79. The van der Waals surface area contributed by atoms with Gasteiger partial charge in [0.05, 0.1) is 0 Å². The highest BCUT2D eigenvalue weighted by molar-refractivity contribution is 5.72. The van der Waals surface area contributed by atoms with E-state index in [2.05, 4.69) is 6.92 Å². The van der Waals surface area contributed by atoms with Crippen LogP contribution in [0.25, 0.3) is 0 Å². The molecule has 0 aliphatic carbocycles. The van der Waals surface area contributed by atoms with E-state index in [0.29, 0.717) is 6.04 Å². The summed E-state index contributed by atoms with van der Waals surface area (Å²) in [5.41, 5.74) is 5.29. The summed E-state index contributed by atoms with van der Waals surface area (Å²) in [4.78, 5) is 9.44. The first-order valence-corrected chi connectivity index (χ1v) is 3.23. The van der Waals surface area contributed by atoms with E-state index in [1.54, 1.807) is 0 Å². The first kappa shape index (κ1) is 11.4. The Morgan fingerprint density at radius 2 is 1.67 bits per heavy atom. The number of hydrogen-bond acceptors (Lipinski definition) is 2. The molecule has 0 aliphatic rings. The highest BCUT2D eigenvalue weighted by Crippen LogP contribution is 1.77. The molecule has 9 heavy (non-hydrogen) atoms. The van der Waals surface area contributed by atoms with Crippen LogP contribution in [0.5, 0.6) is 0 Å². The summed E-state index contributed by atoms with van der Waals surface area (Å²) in [6, 6.07) is 0.384. The number of ketones is 1. The molecule has 2 heteroatoms. The molecule has 0 saturated heterocycles. The smallest absolute Gasteiger partial charge is 0.126 e. The van der Waals surface area contributed by atoms with E-state index in [1.165, 1.54) is 13.8 Å². The molecular formula is C7H17NO. The van der Waals surface area contributed by atoms with Crippen molar-refractivity contribution in [1.29, 1.82) is 0 Å². The maximum atomic E-state index is 9.44. The van der Waals surface area contributed by atoms with Crippen LogP contribution < -0.4 is 5.73 Å². The summed E-state index contributed by atoms with van der Waals surface area (Å²) in [7, 11) is 0. The lowest BCUT2D eigenvalue weighted by Crippen LogP contribution is -2.11. The third-order valence-corrected chi connectivity index (χ3v) is 0.644. The Morgan fingerprint density at radius 3 is 1.67 bits per heavy atom. The molecule has 0 aromatic rings. The molecule has 0 radical (unpaired) electrons. The number of hydrogen-bond donors (Lipinski definition) is 1. The zero-order valence-corrected chi connectivity index (χ0v) is 6.77. The fraction of sp³-hybridized carbons (Fsp3) is 0.857. The van der Waals surface area contributed by atoms with Crippen LogP contribution in [0.1, 0.15) is 34.1 Å². The minimum atomic E-state index is 0.167. The van der Waals surface area contributed by atoms with E-state index in [9.17, 15) is 4.79 Å². The van der Waals surface area contributed by atoms with E-state index in [1.807, 2.05) is 6.92 Å². The van der Waals surface area contributed by atoms with Crippen LogP contribution >= 0.6 is 0 Å². The third kappa shape index (κ3) is 91.0. The standard InChI is InChI=1S/C4H11N.C3H6O/c1-3-4(2)5;1-3(2)4/h4H,3,5H2,1-2H3;1-2H3. The summed E-state index contributed by atoms with van der Waals surface area (Å²) in [6.07, 6.45) is 1.08. The van der Waals surface area contributed by atoms with Crippen molar-refractivity contribution in [3.63, 3.8) is 0 Å². The molecule has 0 aromatic heterocycles. The van der Waals surface area contributed by atoms with Crippen molar-refractivity contribution >= 4 is 5.78 Å². The fourth-order valence-electron chi connectivity index (χ4n) is 0. The molecule has 0 saturated carbocycles. The minimum absolute atomic E-state index is 0.167. The maximum absolute atomic E-state index is 9.44. The van der Waals surface area contributed by atoms with Crippen LogP contribution in [0.3, 0.4) is 0 Å². The Morgan fingerprint density at radius 1 is 1.56 bits per heavy atom. The summed E-state index contributed by atoms with van der Waals surface area (Å²) in [5, 5.41) is 0. The zero-order valence-electron chi connectivity index (χ0n) is 6.77. The number of Topliss-reactive ketones (excluding diaryl/α,β-unsaturated/α-hetero) is 1. The summed E-state index contributed by atoms with van der Waals surface area (Å²) in [5.74, 6) is 0.167. The second-order valence-electron chi connectivity index (χ2n) is 2.29. The number of nitrogens with two attached hydrogens (primary N) is 1. The summed E-state index contributed by atoms with van der Waals surface area (Å²) < 4.78 is 0. The number of rotatable bonds is 1. The predicted octanol–water partition coefficient (Wildman–Crippen LogP) is 1.34. The van der Waals surface area contributed by atoms with Gasteiger partial charge in [0.25, 0.3) is 0 Å². The molecule has 0 aromatic carbocycles. The number of carbonyl (C=O) groups excluding carboxylic acids is 1. The SMILES string of the molecule is CC(C)=O.CCC(C)N. The molecule has 56 valence electrons. The van der Waals surface area contributed by atoms with Crippen molar-refractivity contribution in [3.05, 3.63) is 0 Å². The number of carbonyl (C=O) groups is 1. The molecule has 0 amide bonds. The van der Waals surface area contributed by atoms with Crippen LogP contribution in [0.4, 0.5) is 0 Å². The molecular weight excluding hydrogens is 114 g/mol. The van der Waals surface area contributed by atoms with Crippen molar-refractivity contribution in [2.45, 2.75) is 40.2 Å². The fourth-order valence-corrected chi connectivity index (χ4v) is 0. The van der Waals surface area contributed by atoms with Gasteiger partial charge >= 0.3 is 0 Å². The van der Waals surface area contributed by atoms with Gasteiger partial charge in [-0.1, -0.05) is 6.92 Å². The van der Waals surface area contributed by atoms with Gasteiger partial charge in [-0.05, 0) is 27.2 Å². The van der Waals surface area contributed by atoms with Gasteiger partial charge < -0.3 is 10.5 Å². The normalized spacial score (nSPS) is 11.2. The van der Waals surface area contributed by atoms with Gasteiger partial charge in [-0.25, -0.2) is 0 Å². The van der Waals surface area contributed by atoms with Crippen molar-refractivity contribution in [1.82, 2.24) is 0 Å². The maximum Gasteiger partial charge on any atom is 0.126 e. The Balaban J connectivity index is 0. The summed E-state index contributed by atoms with van der Waals surface area (Å²) >= 11 is 0. The van der Waals surface area contributed by atoms with Crippen molar-refractivity contribution < 1.29 is 4.79 Å². The molecule has 0 fully saturated rings. The molecule has 0 spiro atoms. The van der Waals surface area contributed by atoms with Crippen LogP contribution in [0, 0.1) is 0 Å². The zero-order chi connectivity index (χ0) is 7.86. The van der Waals surface area contributed by atoms with Gasteiger partial charge in [-0.2, -0.15) is 0 Å². The van der Waals surface area contributed by atoms with Crippen molar-refractivity contribution in [3.8, 4) is 0 Å². The average molecular weight is 131 g/mol. The predicted molar refractivity (Wildman–Crippen MR) is 40.3 cm³/mol. The molecule has 0 bridgehead atoms. The van der Waals surface area contributed by atoms with Crippen LogP contribution in [0.2, 0.25) is 0 Å². The quantitative estimate of drug-likeness (QED) is 0.583. The second-order valence-corrected chi connectivity index (χ2v) is 2.29. The first-order valence-electron chi connectivity index (χ1n) is 3.23. The third-order valence-electron chi connectivity index (χ3n) is 0.644. The first-order chi connectivity index (χ1) is 4.00. The van der Waals surface area contributed by atoms with Gasteiger partial charge in [-0.15, -0.1) is 0 Å². The Kier molecular flexibility index (Phi) is 9.69. The van der Waals surface area contributed by atoms with E-state index >= 15 is 0 Å². The second kappa shape index (κ2) is 7.63. The van der Waals surface area contributed by atoms with E-state index in [0.717, 1.165) is 6.42 Å². The lowest BCUT2D eigenvalue weighted by molar-refractivity contribution is -0.114. The minimum Gasteiger partial charge on any atom is -0.328 e. The van der Waals surface area contributed by atoms with Crippen LogP contribution in [-0.4, -0.2) is 11.8 Å². The van der Waals surface area contributed by atoms with Crippen molar-refractivity contribution in [2.24, 2.45) is 5.73 Å². The Labute approximate surface area is 57.4 Å². The average Bonchev–Trinajstić information content (AvgIpc) is 1.65. The van der Waals surface area contributed by atoms with Gasteiger partial charge in [0.1, 0.15) is 5.78 Å². The van der Waals surface area contributed by atoms with E-state index in [-0.39, 0.29) is 5.78 Å². The molecule has 1 atom stereocenters. The molecule has 1 unspecified atom stereocenters. The van der Waals surface area contributed by atoms with Crippen molar-refractivity contribution in [2.75, 3.05) is 0 Å². The largest absolute Gasteiger partial charge is 0.328 e. The van der Waals surface area contributed by atoms with Gasteiger partial charge in [0.15, 0.2) is 0 Å². The summed E-state index contributed by atoms with van der Waals surface area (Å²) in [6.45, 7) is 7.13. The molecule has 0 rings (SSSR count). The van der Waals surface area contributed by atoms with Gasteiger partial charge in [0, 0.05) is 6.04 Å². The molecule has 2 N–H and O–H groups in total.